The van der Waals surface area contributed by atoms with Crippen LogP contribution >= 0.6 is 15.6 Å². The Hall–Kier alpha value is -2.26. The van der Waals surface area contributed by atoms with Crippen LogP contribution in [0.2, 0.25) is 0 Å². The number of aliphatic hydroxyl groups excluding tert-OH is 6. The highest BCUT2D eigenvalue weighted by atomic mass is 31.2. The Labute approximate surface area is 657 Å². The summed E-state index contributed by atoms with van der Waals surface area (Å²) in [6.45, 7) is 4.29. The van der Waals surface area contributed by atoms with Crippen LogP contribution in [0.4, 0.5) is 0 Å². The first kappa shape index (κ1) is 103. The zero-order valence-corrected chi connectivity index (χ0v) is 70.0. The minimum absolute atomic E-state index is 0.0438. The van der Waals surface area contributed by atoms with Gasteiger partial charge in [-0.15, -0.1) is 0 Å². The van der Waals surface area contributed by atoms with Crippen LogP contribution in [0.3, 0.4) is 0 Å². The Kier molecular flexibility index (Phi) is 64.0. The van der Waals surface area contributed by atoms with Crippen molar-refractivity contribution in [3.05, 3.63) is 0 Å². The molecule has 0 spiro atoms. The predicted octanol–water partition coefficient (Wildman–Crippen LogP) is 17.7. The summed E-state index contributed by atoms with van der Waals surface area (Å²) < 4.78 is 86.7. The lowest BCUT2D eigenvalue weighted by molar-refractivity contribution is -0.376. The van der Waals surface area contributed by atoms with E-state index in [1.165, 1.54) is 205 Å². The minimum Gasteiger partial charge on any atom is -0.462 e. The standard InChI is InChI=1S/C82H156O25P2/c1-5-9-13-17-21-25-29-33-37-41-45-49-53-57-71(83)97-61-67(103-73(85)59-55-51-47-43-39-35-31-27-23-19-15-11-7-3)63-99-108(93,94)101-65-69-75(87)77(89)79(91)81(105-69)107-82-80(92)78(90)76(88)70(106-82)66-102-109(95,96)100-64-68(104-74(86)60-56-52-48-44-40-36-32-28-24-20-16-12-8-4)62-98-72(84)58-54-50-46-42-38-34-30-26-22-18-14-10-6-2/h67-70,75-82,87-92H,5-66H2,1-4H3,(H,93,94)(H,95,96)/t67-,68-,69?,70?,75?,76?,77?,78?,79?,80?,81?,82?/m1/s1. The van der Waals surface area contributed by atoms with E-state index in [1.807, 2.05) is 0 Å². The second kappa shape index (κ2) is 67.9. The average Bonchev–Trinajstić information content (AvgIpc) is 0.792. The molecule has 0 aliphatic carbocycles. The number of phosphoric acid groups is 2. The summed E-state index contributed by atoms with van der Waals surface area (Å²) in [7, 11) is -10.3. The number of hydrogen-bond acceptors (Lipinski definition) is 23. The third kappa shape index (κ3) is 55.1. The SMILES string of the molecule is CCCCCCCCCCCCCCCC(=O)OC[C@H](COP(=O)(O)OCC1OC(OC2OC(COP(=O)(O)OC[C@@H](COC(=O)CCCCCCCCCCCCCCC)OC(=O)CCCCCCCCCCCCCCC)C(O)C(O)C2O)C(O)C(O)C1O)OC(=O)CCCCCCCCCCCCCCC. The highest BCUT2D eigenvalue weighted by Crippen LogP contribution is 2.46. The molecule has 12 unspecified atom stereocenters. The van der Waals surface area contributed by atoms with E-state index in [4.69, 9.17) is 51.3 Å². The Morgan fingerprint density at radius 3 is 0.725 bits per heavy atom. The fourth-order valence-electron chi connectivity index (χ4n) is 13.6. The molecule has 0 saturated carbocycles. The maximum Gasteiger partial charge on any atom is 0.472 e. The van der Waals surface area contributed by atoms with Crippen LogP contribution in [-0.2, 0) is 79.6 Å². The van der Waals surface area contributed by atoms with Gasteiger partial charge < -0.3 is 73.6 Å². The molecule has 2 fully saturated rings. The van der Waals surface area contributed by atoms with Gasteiger partial charge in [-0.25, -0.2) is 9.13 Å². The minimum atomic E-state index is -5.16. The lowest BCUT2D eigenvalue weighted by Crippen LogP contribution is -2.63. The fourth-order valence-corrected chi connectivity index (χ4v) is 15.1. The fraction of sp³-hybridized carbons (Fsp3) is 0.951. The van der Waals surface area contributed by atoms with Crippen LogP contribution in [0, 0.1) is 0 Å². The summed E-state index contributed by atoms with van der Waals surface area (Å²) in [4.78, 5) is 73.9. The highest BCUT2D eigenvalue weighted by Gasteiger charge is 2.51. The van der Waals surface area contributed by atoms with Crippen LogP contribution in [-0.4, -0.2) is 178 Å². The second-order valence-corrected chi connectivity index (χ2v) is 33.8. The molecule has 2 saturated heterocycles. The Morgan fingerprint density at radius 2 is 0.495 bits per heavy atom. The van der Waals surface area contributed by atoms with E-state index < -0.39 is 153 Å². The number of hydrogen-bond donors (Lipinski definition) is 8. The van der Waals surface area contributed by atoms with E-state index >= 15 is 0 Å². The summed E-state index contributed by atoms with van der Waals surface area (Å²) >= 11 is 0. The molecular formula is C82H156O25P2. The van der Waals surface area contributed by atoms with Gasteiger partial charge in [0.25, 0.3) is 0 Å². The second-order valence-electron chi connectivity index (χ2n) is 30.8. The van der Waals surface area contributed by atoms with Crippen molar-refractivity contribution in [3.8, 4) is 0 Å². The summed E-state index contributed by atoms with van der Waals surface area (Å²) in [5.41, 5.74) is 0. The first-order valence-electron chi connectivity index (χ1n) is 43.7. The van der Waals surface area contributed by atoms with Crippen molar-refractivity contribution in [1.82, 2.24) is 0 Å². The van der Waals surface area contributed by atoms with E-state index in [9.17, 15) is 68.7 Å². The number of carbonyl (C=O) groups is 4. The van der Waals surface area contributed by atoms with Crippen molar-refractivity contribution in [2.45, 2.75) is 461 Å². The molecule has 0 radical (unpaired) electrons. The smallest absolute Gasteiger partial charge is 0.462 e. The van der Waals surface area contributed by atoms with E-state index in [1.54, 1.807) is 0 Å². The number of ether oxygens (including phenoxy) is 7. The lowest BCUT2D eigenvalue weighted by atomic mass is 9.98. The molecule has 2 aliphatic heterocycles. The molecule has 0 aromatic heterocycles. The number of rotatable bonds is 76. The van der Waals surface area contributed by atoms with Crippen LogP contribution in [0.25, 0.3) is 0 Å². The number of esters is 4. The molecule has 0 aromatic rings. The van der Waals surface area contributed by atoms with Gasteiger partial charge in [-0.2, -0.15) is 0 Å². The Balaban J connectivity index is 2.03. The van der Waals surface area contributed by atoms with Gasteiger partial charge in [0, 0.05) is 25.7 Å². The molecule has 109 heavy (non-hydrogen) atoms. The Bertz CT molecular complexity index is 2140. The molecule has 0 bridgehead atoms. The van der Waals surface area contributed by atoms with Crippen LogP contribution in [0.5, 0.6) is 0 Å². The van der Waals surface area contributed by atoms with Gasteiger partial charge in [0.1, 0.15) is 62.0 Å². The number of unbranched alkanes of at least 4 members (excludes halogenated alkanes) is 48. The molecule has 8 N–H and O–H groups in total. The van der Waals surface area contributed by atoms with Gasteiger partial charge in [0.15, 0.2) is 24.8 Å². The summed E-state index contributed by atoms with van der Waals surface area (Å²) in [5.74, 6) is -2.36. The van der Waals surface area contributed by atoms with E-state index in [0.29, 0.717) is 25.7 Å². The van der Waals surface area contributed by atoms with Gasteiger partial charge in [-0.1, -0.05) is 336 Å². The van der Waals surface area contributed by atoms with Crippen LogP contribution in [0.15, 0.2) is 0 Å². The summed E-state index contributed by atoms with van der Waals surface area (Å²) in [5, 5.41) is 65.8. The van der Waals surface area contributed by atoms with Crippen LogP contribution < -0.4 is 0 Å². The number of carbonyl (C=O) groups excluding carboxylic acids is 4. The average molecular weight is 1600 g/mol. The normalized spacial score (nSPS) is 21.9. The van der Waals surface area contributed by atoms with E-state index in [2.05, 4.69) is 27.7 Å². The van der Waals surface area contributed by atoms with Gasteiger partial charge >= 0.3 is 39.5 Å². The zero-order chi connectivity index (χ0) is 79.9. The quantitative estimate of drug-likeness (QED) is 0.0121. The monoisotopic (exact) mass is 1600 g/mol. The van der Waals surface area contributed by atoms with E-state index in [0.717, 1.165) is 103 Å². The first-order valence-corrected chi connectivity index (χ1v) is 46.6. The van der Waals surface area contributed by atoms with Crippen molar-refractivity contribution in [3.63, 3.8) is 0 Å². The molecule has 0 aromatic carbocycles. The third-order valence-corrected chi connectivity index (χ3v) is 22.6. The maximum absolute atomic E-state index is 13.4. The molecule has 14 atom stereocenters. The van der Waals surface area contributed by atoms with Crippen molar-refractivity contribution in [2.24, 2.45) is 0 Å². The summed E-state index contributed by atoms with van der Waals surface area (Å²) in [6.07, 6.45) is 35.8. The molecule has 644 valence electrons. The van der Waals surface area contributed by atoms with Crippen molar-refractivity contribution in [1.29, 1.82) is 0 Å². The zero-order valence-electron chi connectivity index (χ0n) is 68.2. The molecule has 2 heterocycles. The summed E-state index contributed by atoms with van der Waals surface area (Å²) in [6, 6.07) is 0. The van der Waals surface area contributed by atoms with Crippen molar-refractivity contribution >= 4 is 39.5 Å². The molecule has 2 aliphatic rings. The van der Waals surface area contributed by atoms with Crippen molar-refractivity contribution in [2.75, 3.05) is 39.6 Å². The highest BCUT2D eigenvalue weighted by molar-refractivity contribution is 7.47. The first-order chi connectivity index (χ1) is 52.7. The molecular weight excluding hydrogens is 1450 g/mol. The topological polar surface area (TPSA) is 366 Å². The molecule has 27 heteroatoms. The molecule has 25 nitrogen and oxygen atoms in total. The Morgan fingerprint density at radius 1 is 0.284 bits per heavy atom. The van der Waals surface area contributed by atoms with Gasteiger partial charge in [0.05, 0.1) is 26.4 Å². The van der Waals surface area contributed by atoms with Gasteiger partial charge in [-0.3, -0.25) is 37.3 Å². The van der Waals surface area contributed by atoms with E-state index in [-0.39, 0.29) is 25.7 Å². The van der Waals surface area contributed by atoms with Crippen molar-refractivity contribution < 1.29 is 120 Å². The predicted molar refractivity (Wildman–Crippen MR) is 421 cm³/mol. The third-order valence-electron chi connectivity index (χ3n) is 20.7. The lowest BCUT2D eigenvalue weighted by Gasteiger charge is -2.45. The van der Waals surface area contributed by atoms with Gasteiger partial charge in [-0.05, 0) is 25.7 Å². The molecule has 2 rings (SSSR count). The van der Waals surface area contributed by atoms with Gasteiger partial charge in [0.2, 0.25) is 0 Å². The largest absolute Gasteiger partial charge is 0.472 e. The molecule has 0 amide bonds. The van der Waals surface area contributed by atoms with Crippen LogP contribution in [0.1, 0.15) is 387 Å². The number of aliphatic hydroxyl groups is 6. The maximum atomic E-state index is 13.4. The number of phosphoric ester groups is 2.